The van der Waals surface area contributed by atoms with Crippen molar-refractivity contribution in [2.24, 2.45) is 0 Å². The SMILES string of the molecule is O=Cc1cnc2c(c1)c(-c1cc(F)c3nccc(Cl)c3c1)cn2SOI. The molecule has 0 amide bonds. The van der Waals surface area contributed by atoms with Crippen molar-refractivity contribution in [3.63, 3.8) is 0 Å². The number of rotatable bonds is 4. The number of carbonyl (C=O) groups excluding carboxylic acids is 1. The van der Waals surface area contributed by atoms with Crippen molar-refractivity contribution in [1.82, 2.24) is 13.9 Å². The van der Waals surface area contributed by atoms with E-state index in [2.05, 4.69) is 9.97 Å². The van der Waals surface area contributed by atoms with E-state index in [1.807, 2.05) is 0 Å². The summed E-state index contributed by atoms with van der Waals surface area (Å²) in [5.74, 6) is -0.474. The monoisotopic (exact) mass is 499 g/mol. The molecular formula is C17H8ClFIN3O2S. The van der Waals surface area contributed by atoms with E-state index in [0.717, 1.165) is 18.5 Å². The van der Waals surface area contributed by atoms with E-state index < -0.39 is 5.82 Å². The molecule has 0 aliphatic carbocycles. The molecule has 0 aliphatic heterocycles. The molecule has 0 aliphatic rings. The van der Waals surface area contributed by atoms with E-state index in [1.165, 1.54) is 18.5 Å². The summed E-state index contributed by atoms with van der Waals surface area (Å²) in [6, 6.07) is 6.49. The molecule has 0 saturated heterocycles. The minimum Gasteiger partial charge on any atom is -0.298 e. The predicted octanol–water partition coefficient (Wildman–Crippen LogP) is 5.63. The summed E-state index contributed by atoms with van der Waals surface area (Å²) in [6.07, 6.45) is 5.44. The van der Waals surface area contributed by atoms with Crippen molar-refractivity contribution in [1.29, 1.82) is 0 Å². The Morgan fingerprint density at radius 3 is 2.88 bits per heavy atom. The second-order valence-corrected chi connectivity index (χ2v) is 7.57. The normalized spacial score (nSPS) is 11.3. The van der Waals surface area contributed by atoms with Crippen LogP contribution in [0.2, 0.25) is 5.02 Å². The molecule has 3 heterocycles. The number of halogens is 3. The molecule has 1 aromatic carbocycles. The Hall–Kier alpha value is -1.75. The van der Waals surface area contributed by atoms with Crippen molar-refractivity contribution in [3.8, 4) is 11.1 Å². The smallest absolute Gasteiger partial charge is 0.152 e. The molecule has 0 unspecified atom stereocenters. The fourth-order valence-electron chi connectivity index (χ4n) is 2.81. The zero-order valence-corrected chi connectivity index (χ0v) is 16.5. The number of aldehydes is 1. The van der Waals surface area contributed by atoms with Crippen LogP contribution in [0.1, 0.15) is 10.4 Å². The molecular weight excluding hydrogens is 492 g/mol. The first-order valence-corrected chi connectivity index (χ1v) is 9.24. The number of hydrogen-bond donors (Lipinski definition) is 0. The maximum absolute atomic E-state index is 14.6. The zero-order chi connectivity index (χ0) is 18.3. The van der Waals surface area contributed by atoms with Crippen LogP contribution in [0.15, 0.2) is 42.9 Å². The van der Waals surface area contributed by atoms with Gasteiger partial charge >= 0.3 is 0 Å². The summed E-state index contributed by atoms with van der Waals surface area (Å²) >= 11 is 9.03. The van der Waals surface area contributed by atoms with Gasteiger partial charge in [0.05, 0.1) is 5.02 Å². The van der Waals surface area contributed by atoms with Crippen LogP contribution in [-0.4, -0.2) is 20.2 Å². The molecule has 4 rings (SSSR count). The van der Waals surface area contributed by atoms with Crippen molar-refractivity contribution < 1.29 is 11.7 Å². The summed E-state index contributed by atoms with van der Waals surface area (Å²) in [5, 5.41) is 1.63. The first-order valence-electron chi connectivity index (χ1n) is 7.28. The fraction of sp³-hybridized carbons (Fsp3) is 0. The van der Waals surface area contributed by atoms with Gasteiger partial charge in [0, 0.05) is 40.5 Å². The van der Waals surface area contributed by atoms with E-state index in [4.69, 9.17) is 14.1 Å². The Bertz CT molecular complexity index is 1170. The van der Waals surface area contributed by atoms with Crippen LogP contribution >= 0.6 is 46.8 Å². The van der Waals surface area contributed by atoms with Gasteiger partial charge in [-0.2, -0.15) is 0 Å². The highest BCUT2D eigenvalue weighted by atomic mass is 127. The molecule has 5 nitrogen and oxygen atoms in total. The first-order chi connectivity index (χ1) is 12.6. The third-order valence-corrected chi connectivity index (χ3v) is 5.24. The second-order valence-electron chi connectivity index (χ2n) is 5.41. The van der Waals surface area contributed by atoms with Crippen molar-refractivity contribution in [2.75, 3.05) is 0 Å². The quantitative estimate of drug-likeness (QED) is 0.207. The third kappa shape index (κ3) is 2.96. The number of benzene rings is 1. The minimum atomic E-state index is -0.474. The molecule has 26 heavy (non-hydrogen) atoms. The fourth-order valence-corrected chi connectivity index (χ4v) is 3.96. The molecule has 130 valence electrons. The van der Waals surface area contributed by atoms with Crippen LogP contribution in [0.5, 0.6) is 0 Å². The molecule has 0 saturated carbocycles. The molecule has 0 radical (unpaired) electrons. The average molecular weight is 500 g/mol. The van der Waals surface area contributed by atoms with Crippen molar-refractivity contribution in [2.45, 2.75) is 0 Å². The van der Waals surface area contributed by atoms with E-state index in [0.29, 0.717) is 38.1 Å². The topological polar surface area (TPSA) is 57.0 Å². The number of fused-ring (bicyclic) bond motifs is 2. The maximum Gasteiger partial charge on any atom is 0.152 e. The van der Waals surface area contributed by atoms with Gasteiger partial charge < -0.3 is 0 Å². The lowest BCUT2D eigenvalue weighted by Crippen LogP contribution is -1.88. The number of aromatic nitrogens is 3. The summed E-state index contributed by atoms with van der Waals surface area (Å²) in [4.78, 5) is 19.5. The lowest BCUT2D eigenvalue weighted by molar-refractivity contribution is 0.112. The van der Waals surface area contributed by atoms with Crippen LogP contribution in [0, 0.1) is 5.82 Å². The number of pyridine rings is 2. The largest absolute Gasteiger partial charge is 0.298 e. The van der Waals surface area contributed by atoms with E-state index in [1.54, 1.807) is 51.4 Å². The Kier molecular flexibility index (Phi) is 4.82. The van der Waals surface area contributed by atoms with Gasteiger partial charge in [0.25, 0.3) is 0 Å². The van der Waals surface area contributed by atoms with E-state index in [9.17, 15) is 9.18 Å². The average Bonchev–Trinajstić information content (AvgIpc) is 3.00. The summed E-state index contributed by atoms with van der Waals surface area (Å²) in [5.41, 5.74) is 2.55. The Labute approximate surface area is 170 Å². The van der Waals surface area contributed by atoms with Crippen LogP contribution in [0.25, 0.3) is 33.1 Å². The lowest BCUT2D eigenvalue weighted by Gasteiger charge is -2.05. The Balaban J connectivity index is 2.03. The highest BCUT2D eigenvalue weighted by molar-refractivity contribution is 14.1. The lowest BCUT2D eigenvalue weighted by atomic mass is 10.0. The molecule has 9 heteroatoms. The van der Waals surface area contributed by atoms with Gasteiger partial charge in [-0.3, -0.25) is 13.8 Å². The number of hydrogen-bond acceptors (Lipinski definition) is 5. The summed E-state index contributed by atoms with van der Waals surface area (Å²) in [7, 11) is 0. The number of nitrogens with zero attached hydrogens (tertiary/aromatic N) is 3. The predicted molar refractivity (Wildman–Crippen MR) is 109 cm³/mol. The minimum absolute atomic E-state index is 0.210. The zero-order valence-electron chi connectivity index (χ0n) is 12.8. The number of carbonyl (C=O) groups is 1. The van der Waals surface area contributed by atoms with Gasteiger partial charge in [-0.1, -0.05) is 11.6 Å². The molecule has 0 fully saturated rings. The Morgan fingerprint density at radius 2 is 2.12 bits per heavy atom. The summed E-state index contributed by atoms with van der Waals surface area (Å²) in [6.45, 7) is 0. The van der Waals surface area contributed by atoms with Gasteiger partial charge in [0.15, 0.2) is 11.9 Å². The van der Waals surface area contributed by atoms with E-state index in [-0.39, 0.29) is 5.52 Å². The maximum atomic E-state index is 14.6. The molecule has 0 bridgehead atoms. The molecule has 0 spiro atoms. The van der Waals surface area contributed by atoms with Crippen LogP contribution in [0.4, 0.5) is 4.39 Å². The molecule has 0 N–H and O–H groups in total. The molecule has 3 aromatic heterocycles. The van der Waals surface area contributed by atoms with Gasteiger partial charge in [-0.15, -0.1) is 0 Å². The van der Waals surface area contributed by atoms with Crippen LogP contribution in [0.3, 0.4) is 0 Å². The van der Waals surface area contributed by atoms with Gasteiger partial charge in [0.1, 0.15) is 46.6 Å². The second kappa shape index (κ2) is 7.10. The third-order valence-electron chi connectivity index (χ3n) is 3.93. The van der Waals surface area contributed by atoms with Gasteiger partial charge in [-0.05, 0) is 29.8 Å². The molecule has 4 aromatic rings. The highest BCUT2D eigenvalue weighted by Gasteiger charge is 2.16. The van der Waals surface area contributed by atoms with Crippen molar-refractivity contribution in [3.05, 3.63) is 59.3 Å². The van der Waals surface area contributed by atoms with Crippen LogP contribution < -0.4 is 0 Å². The molecule has 0 atom stereocenters. The Morgan fingerprint density at radius 1 is 1.27 bits per heavy atom. The van der Waals surface area contributed by atoms with E-state index >= 15 is 0 Å². The van der Waals surface area contributed by atoms with Crippen LogP contribution in [-0.2, 0) is 2.51 Å². The van der Waals surface area contributed by atoms with Gasteiger partial charge in [-0.25, -0.2) is 11.9 Å². The first kappa shape index (κ1) is 17.7. The standard InChI is InChI=1S/C17H8ClFIN3O2S/c18-14-1-2-21-16-12(14)4-10(5-15(16)19)13-7-23(26-25-20)17-11(13)3-9(8-24)6-22-17/h1-8H. The van der Waals surface area contributed by atoms with Crippen molar-refractivity contribution >= 4 is 75.1 Å². The van der Waals surface area contributed by atoms with Gasteiger partial charge in [0.2, 0.25) is 0 Å². The summed E-state index contributed by atoms with van der Waals surface area (Å²) < 4.78 is 21.4. The highest BCUT2D eigenvalue weighted by Crippen LogP contribution is 2.36.